The molecule has 4 atom stereocenters. The number of benzene rings is 1. The molecule has 1 unspecified atom stereocenters. The number of aromatic nitrogens is 1. The van der Waals surface area contributed by atoms with Crippen molar-refractivity contribution in [3.05, 3.63) is 61.5 Å². The fourth-order valence-corrected chi connectivity index (χ4v) is 7.12. The van der Waals surface area contributed by atoms with Crippen LogP contribution >= 0.6 is 0 Å². The molecule has 1 aromatic carbocycles. The Hall–Kier alpha value is -4.46. The van der Waals surface area contributed by atoms with Gasteiger partial charge in [-0.3, -0.25) is 24.4 Å². The first-order valence-electron chi connectivity index (χ1n) is 16.2. The quantitative estimate of drug-likeness (QED) is 0.160. The summed E-state index contributed by atoms with van der Waals surface area (Å²) in [5.41, 5.74) is 1.88. The van der Waals surface area contributed by atoms with Gasteiger partial charge in [0.1, 0.15) is 12.4 Å². The number of unbranched alkanes of at least 4 members (excludes halogenated alkanes) is 2. The topological polar surface area (TPSA) is 177 Å². The lowest BCUT2D eigenvalue weighted by Crippen LogP contribution is -2.44. The van der Waals surface area contributed by atoms with Gasteiger partial charge in [0, 0.05) is 26.1 Å². The highest BCUT2D eigenvalue weighted by atomic mass is 32.2. The normalized spacial score (nSPS) is 19.5. The predicted octanol–water partition coefficient (Wildman–Crippen LogP) is 4.47. The van der Waals surface area contributed by atoms with Crippen LogP contribution in [0.15, 0.2) is 60.4 Å². The molecule has 3 N–H and O–H groups in total. The molecule has 2 aromatic rings. The van der Waals surface area contributed by atoms with E-state index in [1.165, 1.54) is 18.5 Å². The lowest BCUT2D eigenvalue weighted by molar-refractivity contribution is -0.140. The Morgan fingerprint density at radius 3 is 2.56 bits per heavy atom. The molecular formula is C34H45N5O8S. The van der Waals surface area contributed by atoms with Crippen molar-refractivity contribution in [3.63, 3.8) is 0 Å². The number of hydrogen-bond acceptors (Lipinski definition) is 9. The molecule has 1 aromatic heterocycles. The molecule has 14 heteroatoms. The second kappa shape index (κ2) is 16.6. The second-order valence-corrected chi connectivity index (χ2v) is 14.4. The van der Waals surface area contributed by atoms with Crippen molar-refractivity contribution in [3.8, 4) is 11.5 Å². The highest BCUT2D eigenvalue weighted by molar-refractivity contribution is 7.90. The van der Waals surface area contributed by atoms with Crippen LogP contribution in [0, 0.1) is 18.8 Å². The van der Waals surface area contributed by atoms with Crippen molar-refractivity contribution in [2.45, 2.75) is 82.1 Å². The number of nitrogens with one attached hydrogen (secondary N) is 3. The average molecular weight is 684 g/mol. The number of oxazole rings is 1. The van der Waals surface area contributed by atoms with E-state index in [-0.39, 0.29) is 31.6 Å². The molecule has 0 spiro atoms. The summed E-state index contributed by atoms with van der Waals surface area (Å²) in [6, 6.07) is 4.74. The van der Waals surface area contributed by atoms with Gasteiger partial charge in [0.15, 0.2) is 0 Å². The fourth-order valence-electron chi connectivity index (χ4n) is 5.77. The molecule has 0 saturated heterocycles. The van der Waals surface area contributed by atoms with Crippen LogP contribution in [0.3, 0.4) is 0 Å². The number of allylic oxidation sites excluding steroid dienone is 1. The van der Waals surface area contributed by atoms with Crippen LogP contribution in [0.4, 0.5) is 10.5 Å². The number of carbonyl (C=O) groups excluding carboxylic acids is 4. The Bertz CT molecular complexity index is 1590. The number of anilines is 1. The Balaban J connectivity index is 1.42. The van der Waals surface area contributed by atoms with Gasteiger partial charge in [-0.05, 0) is 76.0 Å². The monoisotopic (exact) mass is 683 g/mol. The molecule has 0 radical (unpaired) electrons. The number of carbonyl (C=O) groups is 4. The van der Waals surface area contributed by atoms with Gasteiger partial charge in [0.05, 0.1) is 34.5 Å². The van der Waals surface area contributed by atoms with E-state index in [1.807, 2.05) is 19.1 Å². The lowest BCUT2D eigenvalue weighted by Gasteiger charge is -2.25. The molecule has 4 rings (SSSR count). The molecule has 2 saturated carbocycles. The first-order valence-corrected chi connectivity index (χ1v) is 17.8. The number of aryl methyl sites for hydroxylation is 1. The van der Waals surface area contributed by atoms with Gasteiger partial charge in [0.2, 0.25) is 33.6 Å². The maximum Gasteiger partial charge on any atom is 0.411 e. The van der Waals surface area contributed by atoms with Crippen LogP contribution in [0.2, 0.25) is 0 Å². The zero-order valence-corrected chi connectivity index (χ0v) is 28.3. The lowest BCUT2D eigenvalue weighted by atomic mass is 9.93. The van der Waals surface area contributed by atoms with Crippen molar-refractivity contribution in [2.24, 2.45) is 11.8 Å². The van der Waals surface area contributed by atoms with Crippen LogP contribution in [-0.2, 0) is 29.1 Å². The first kappa shape index (κ1) is 36.4. The molecule has 260 valence electrons. The van der Waals surface area contributed by atoms with E-state index < -0.39 is 57.2 Å². The molecule has 4 amide bonds. The van der Waals surface area contributed by atoms with Gasteiger partial charge in [0.25, 0.3) is 0 Å². The smallest absolute Gasteiger partial charge is 0.411 e. The molecule has 2 fully saturated rings. The standard InChI is InChI=1S/C34H45N5O8S/c1-5-7-8-9-17-39(4)33(42)28-21-24(47-34(43)37-29-19-22(3)10-14-26(29)32-35-16-18-46-32)20-27(28)31(41)36-23(6-2)11-15-30(40)38-48(44,45)25-12-13-25/h5-6,10,14,16,18-19,23-25,27-28H,1-2,7-9,11-13,15,17,20-21H2,3-4H3,(H,36,41)(H,37,43)(H,38,40)/t23?,24-,27-,28-/m1/s1. The third-order valence-corrected chi connectivity index (χ3v) is 10.4. The molecule has 48 heavy (non-hydrogen) atoms. The summed E-state index contributed by atoms with van der Waals surface area (Å²) in [4.78, 5) is 58.5. The van der Waals surface area contributed by atoms with E-state index in [2.05, 4.69) is 33.5 Å². The van der Waals surface area contributed by atoms with Crippen molar-refractivity contribution < 1.29 is 36.7 Å². The Labute approximate surface area is 281 Å². The summed E-state index contributed by atoms with van der Waals surface area (Å²) in [5, 5.41) is 5.07. The van der Waals surface area contributed by atoms with Crippen LogP contribution in [0.1, 0.15) is 63.4 Å². The van der Waals surface area contributed by atoms with Gasteiger partial charge in [-0.2, -0.15) is 0 Å². The van der Waals surface area contributed by atoms with Crippen molar-refractivity contribution in [1.82, 2.24) is 19.9 Å². The Morgan fingerprint density at radius 2 is 1.90 bits per heavy atom. The molecule has 0 bridgehead atoms. The summed E-state index contributed by atoms with van der Waals surface area (Å²) < 4.78 is 37.5. The summed E-state index contributed by atoms with van der Waals surface area (Å²) in [6.45, 7) is 9.85. The predicted molar refractivity (Wildman–Crippen MR) is 180 cm³/mol. The summed E-state index contributed by atoms with van der Waals surface area (Å²) in [6.07, 6.45) is 8.45. The van der Waals surface area contributed by atoms with Crippen LogP contribution in [0.25, 0.3) is 11.5 Å². The molecule has 1 heterocycles. The number of ether oxygens (including phenoxy) is 1. The molecule has 2 aliphatic rings. The van der Waals surface area contributed by atoms with Crippen LogP contribution < -0.4 is 15.4 Å². The Morgan fingerprint density at radius 1 is 1.15 bits per heavy atom. The maximum atomic E-state index is 13.6. The van der Waals surface area contributed by atoms with Crippen molar-refractivity contribution >= 4 is 39.5 Å². The second-order valence-electron chi connectivity index (χ2n) is 12.4. The van der Waals surface area contributed by atoms with E-state index in [0.717, 1.165) is 24.8 Å². The van der Waals surface area contributed by atoms with Gasteiger partial charge >= 0.3 is 6.09 Å². The maximum absolute atomic E-state index is 13.6. The molecule has 2 aliphatic carbocycles. The van der Waals surface area contributed by atoms with Crippen molar-refractivity contribution in [1.29, 1.82) is 0 Å². The first-order chi connectivity index (χ1) is 22.9. The minimum absolute atomic E-state index is 0.102. The van der Waals surface area contributed by atoms with Gasteiger partial charge in [-0.1, -0.05) is 18.2 Å². The van der Waals surface area contributed by atoms with E-state index >= 15 is 0 Å². The SMILES string of the molecule is C=CCCCCN(C)C(=O)[C@@H]1C[C@H](OC(=O)Nc2cc(C)ccc2-c2ncco2)C[C@H]1C(=O)NC(C=C)CCC(=O)NS(=O)(=O)C1CC1. The average Bonchev–Trinajstić information content (AvgIpc) is 3.63. The molecule has 0 aliphatic heterocycles. The highest BCUT2D eigenvalue weighted by Gasteiger charge is 2.45. The zero-order valence-electron chi connectivity index (χ0n) is 27.5. The van der Waals surface area contributed by atoms with E-state index in [4.69, 9.17) is 9.15 Å². The summed E-state index contributed by atoms with van der Waals surface area (Å²) in [7, 11) is -1.99. The number of sulfonamides is 1. The summed E-state index contributed by atoms with van der Waals surface area (Å²) >= 11 is 0. The third kappa shape index (κ3) is 10.0. The third-order valence-electron chi connectivity index (χ3n) is 8.56. The molecule has 13 nitrogen and oxygen atoms in total. The van der Waals surface area contributed by atoms with Gasteiger partial charge < -0.3 is 19.4 Å². The minimum Gasteiger partial charge on any atom is -0.446 e. The number of nitrogens with zero attached hydrogens (tertiary/aromatic N) is 2. The number of rotatable bonds is 17. The van der Waals surface area contributed by atoms with Crippen LogP contribution in [0.5, 0.6) is 0 Å². The zero-order chi connectivity index (χ0) is 34.8. The molecular weight excluding hydrogens is 638 g/mol. The fraction of sp³-hybridized carbons (Fsp3) is 0.500. The van der Waals surface area contributed by atoms with E-state index in [0.29, 0.717) is 36.5 Å². The summed E-state index contributed by atoms with van der Waals surface area (Å²) in [5.74, 6) is -2.59. The van der Waals surface area contributed by atoms with Crippen molar-refractivity contribution in [2.75, 3.05) is 18.9 Å². The Kier molecular flexibility index (Phi) is 12.6. The number of amides is 4. The van der Waals surface area contributed by atoms with E-state index in [1.54, 1.807) is 24.1 Å². The number of hydrogen-bond donors (Lipinski definition) is 3. The highest BCUT2D eigenvalue weighted by Crippen LogP contribution is 2.36. The van der Waals surface area contributed by atoms with Gasteiger partial charge in [-0.15, -0.1) is 13.2 Å². The minimum atomic E-state index is -3.68. The largest absolute Gasteiger partial charge is 0.446 e. The van der Waals surface area contributed by atoms with E-state index in [9.17, 15) is 27.6 Å². The van der Waals surface area contributed by atoms with Crippen LogP contribution in [-0.4, -0.2) is 73.1 Å². The van der Waals surface area contributed by atoms with Gasteiger partial charge in [-0.25, -0.2) is 18.2 Å².